The first-order valence-corrected chi connectivity index (χ1v) is 11.6. The molecule has 0 aliphatic rings. The second-order valence-electron chi connectivity index (χ2n) is 7.34. The molecule has 166 valence electrons. The summed E-state index contributed by atoms with van der Waals surface area (Å²) in [5.41, 5.74) is 1.62. The van der Waals surface area contributed by atoms with Crippen molar-refractivity contribution in [2.24, 2.45) is 14.1 Å². The van der Waals surface area contributed by atoms with Gasteiger partial charge in [0.2, 0.25) is 5.91 Å². The molecular weight excluding hydrogens is 448 g/mol. The predicted molar refractivity (Wildman–Crippen MR) is 127 cm³/mol. The zero-order valence-corrected chi connectivity index (χ0v) is 19.7. The average molecular weight is 471 g/mol. The largest absolute Gasteiger partial charge is 0.332 e. The molecule has 0 radical (unpaired) electrons. The van der Waals surface area contributed by atoms with Crippen molar-refractivity contribution in [3.05, 3.63) is 67.3 Å². The molecule has 0 bridgehead atoms. The Bertz CT molecular complexity index is 1410. The number of carbonyl (C=O) groups excluding carboxylic acids is 1. The summed E-state index contributed by atoms with van der Waals surface area (Å²) in [5.74, 6) is -0.131. The molecule has 32 heavy (non-hydrogen) atoms. The minimum Gasteiger partial charge on any atom is -0.309 e. The van der Waals surface area contributed by atoms with Gasteiger partial charge in [0.1, 0.15) is 0 Å². The maximum atomic E-state index is 12.9. The van der Waals surface area contributed by atoms with Crippen molar-refractivity contribution in [3.8, 4) is 0 Å². The van der Waals surface area contributed by atoms with Crippen molar-refractivity contribution in [2.45, 2.75) is 25.5 Å². The molecule has 4 rings (SSSR count). The van der Waals surface area contributed by atoms with Gasteiger partial charge in [0.05, 0.1) is 18.0 Å². The number of aromatic nitrogens is 5. The van der Waals surface area contributed by atoms with Crippen LogP contribution in [0.2, 0.25) is 0 Å². The normalized spacial score (nSPS) is 11.2. The molecule has 4 aromatic rings. The lowest BCUT2D eigenvalue weighted by molar-refractivity contribution is -0.113. The molecule has 0 saturated carbocycles. The molecule has 0 unspecified atom stereocenters. The van der Waals surface area contributed by atoms with Gasteiger partial charge in [0, 0.05) is 19.0 Å². The highest BCUT2D eigenvalue weighted by Crippen LogP contribution is 2.25. The highest BCUT2D eigenvalue weighted by molar-refractivity contribution is 7.99. The number of thioether (sulfide) groups is 1. The summed E-state index contributed by atoms with van der Waals surface area (Å²) in [7, 11) is 3.03. The van der Waals surface area contributed by atoms with Crippen LogP contribution in [0.3, 0.4) is 0 Å². The van der Waals surface area contributed by atoms with Crippen LogP contribution in [0, 0.1) is 13.8 Å². The van der Waals surface area contributed by atoms with E-state index in [9.17, 15) is 14.4 Å². The number of benzene rings is 1. The topological polar surface area (TPSA) is 104 Å². The zero-order chi connectivity index (χ0) is 23.0. The van der Waals surface area contributed by atoms with E-state index in [-0.39, 0.29) is 11.7 Å². The van der Waals surface area contributed by atoms with Crippen molar-refractivity contribution in [1.29, 1.82) is 0 Å². The number of nitrogens with zero attached hydrogens (tertiary/aromatic N) is 5. The number of carbonyl (C=O) groups is 1. The van der Waals surface area contributed by atoms with E-state index in [1.165, 1.54) is 34.7 Å². The van der Waals surface area contributed by atoms with Gasteiger partial charge >= 0.3 is 5.69 Å². The second-order valence-corrected chi connectivity index (χ2v) is 9.49. The molecule has 0 saturated heterocycles. The molecule has 9 nitrogen and oxygen atoms in total. The number of anilines is 1. The van der Waals surface area contributed by atoms with E-state index in [0.29, 0.717) is 28.0 Å². The molecule has 1 N–H and O–H groups in total. The van der Waals surface area contributed by atoms with Crippen LogP contribution in [0.1, 0.15) is 16.1 Å². The van der Waals surface area contributed by atoms with Crippen LogP contribution in [-0.2, 0) is 25.4 Å². The molecule has 0 spiro atoms. The van der Waals surface area contributed by atoms with Gasteiger partial charge < -0.3 is 9.88 Å². The molecule has 0 atom stereocenters. The van der Waals surface area contributed by atoms with Gasteiger partial charge in [0.25, 0.3) is 5.56 Å². The van der Waals surface area contributed by atoms with Crippen LogP contribution >= 0.6 is 23.1 Å². The Morgan fingerprint density at radius 1 is 1.09 bits per heavy atom. The smallest absolute Gasteiger partial charge is 0.309 e. The first kappa shape index (κ1) is 22.0. The number of imidazole rings is 1. The molecule has 1 amide bonds. The maximum Gasteiger partial charge on any atom is 0.332 e. The van der Waals surface area contributed by atoms with Gasteiger partial charge in [0.15, 0.2) is 21.5 Å². The van der Waals surface area contributed by atoms with Crippen LogP contribution in [-0.4, -0.2) is 35.3 Å². The van der Waals surface area contributed by atoms with Gasteiger partial charge in [-0.05, 0) is 19.4 Å². The first-order valence-electron chi connectivity index (χ1n) is 9.83. The van der Waals surface area contributed by atoms with Crippen molar-refractivity contribution in [1.82, 2.24) is 23.7 Å². The van der Waals surface area contributed by atoms with Gasteiger partial charge in [-0.1, -0.05) is 42.1 Å². The third-order valence-corrected chi connectivity index (χ3v) is 7.07. The third kappa shape index (κ3) is 4.13. The summed E-state index contributed by atoms with van der Waals surface area (Å²) in [6.07, 6.45) is 0. The lowest BCUT2D eigenvalue weighted by Gasteiger charge is -2.09. The Kier molecular flexibility index (Phi) is 6.02. The summed E-state index contributed by atoms with van der Waals surface area (Å²) >= 11 is 2.64. The Morgan fingerprint density at radius 3 is 2.47 bits per heavy atom. The van der Waals surface area contributed by atoms with Gasteiger partial charge in [-0.15, -0.1) is 11.3 Å². The SMILES string of the molecule is Cc1nc(NC(=O)CSc2nc3c(c(=O)n(C)c(=O)n3C)n2Cc2ccccc2)sc1C. The Hall–Kier alpha value is -3.18. The Balaban J connectivity index is 1.69. The van der Waals surface area contributed by atoms with Crippen LogP contribution in [0.4, 0.5) is 5.13 Å². The number of fused-ring (bicyclic) bond motifs is 1. The molecule has 1 aromatic carbocycles. The fraction of sp³-hybridized carbons (Fsp3) is 0.286. The maximum absolute atomic E-state index is 12.9. The fourth-order valence-electron chi connectivity index (χ4n) is 3.26. The minimum atomic E-state index is -0.448. The number of aryl methyl sites for hydroxylation is 3. The highest BCUT2D eigenvalue weighted by atomic mass is 32.2. The molecular formula is C21H22N6O3S2. The van der Waals surface area contributed by atoms with Crippen molar-refractivity contribution in [3.63, 3.8) is 0 Å². The third-order valence-electron chi connectivity index (χ3n) is 5.10. The van der Waals surface area contributed by atoms with Crippen LogP contribution in [0.25, 0.3) is 11.2 Å². The average Bonchev–Trinajstić information content (AvgIpc) is 3.29. The monoisotopic (exact) mass is 470 g/mol. The van der Waals surface area contributed by atoms with Crippen molar-refractivity contribution < 1.29 is 4.79 Å². The van der Waals surface area contributed by atoms with E-state index in [2.05, 4.69) is 15.3 Å². The Morgan fingerprint density at radius 2 is 1.81 bits per heavy atom. The molecule has 11 heteroatoms. The van der Waals surface area contributed by atoms with Gasteiger partial charge in [-0.25, -0.2) is 14.8 Å². The lowest BCUT2D eigenvalue weighted by atomic mass is 10.2. The number of hydrogen-bond donors (Lipinski definition) is 1. The number of rotatable bonds is 6. The molecule has 0 aliphatic heterocycles. The molecule has 3 aromatic heterocycles. The number of hydrogen-bond acceptors (Lipinski definition) is 7. The van der Waals surface area contributed by atoms with E-state index >= 15 is 0 Å². The van der Waals surface area contributed by atoms with E-state index in [0.717, 1.165) is 20.7 Å². The summed E-state index contributed by atoms with van der Waals surface area (Å²) < 4.78 is 4.19. The van der Waals surface area contributed by atoms with Crippen LogP contribution in [0.15, 0.2) is 45.1 Å². The first-order chi connectivity index (χ1) is 15.3. The predicted octanol–water partition coefficient (Wildman–Crippen LogP) is 2.29. The molecule has 0 fully saturated rings. The highest BCUT2D eigenvalue weighted by Gasteiger charge is 2.20. The number of thiazole rings is 1. The summed E-state index contributed by atoms with van der Waals surface area (Å²) in [5, 5.41) is 3.85. The van der Waals surface area contributed by atoms with Gasteiger partial charge in [-0.3, -0.25) is 18.7 Å². The second kappa shape index (κ2) is 8.75. The summed E-state index contributed by atoms with van der Waals surface area (Å²) in [6.45, 7) is 4.24. The standard InChI is InChI=1S/C21H22N6O3S2/c1-12-13(2)32-19(22-12)23-15(28)11-31-20-24-17-16(18(29)26(4)21(30)25(17)3)27(20)10-14-8-6-5-7-9-14/h5-9H,10-11H2,1-4H3,(H,22,23,28). The van der Waals surface area contributed by atoms with Crippen LogP contribution < -0.4 is 16.6 Å². The minimum absolute atomic E-state index is 0.0873. The van der Waals surface area contributed by atoms with E-state index in [1.807, 2.05) is 44.2 Å². The van der Waals surface area contributed by atoms with Crippen molar-refractivity contribution >= 4 is 45.3 Å². The van der Waals surface area contributed by atoms with E-state index in [1.54, 1.807) is 11.6 Å². The van der Waals surface area contributed by atoms with Crippen LogP contribution in [0.5, 0.6) is 0 Å². The fourth-order valence-corrected chi connectivity index (χ4v) is 4.89. The summed E-state index contributed by atoms with van der Waals surface area (Å²) in [6, 6.07) is 9.65. The van der Waals surface area contributed by atoms with Crippen molar-refractivity contribution in [2.75, 3.05) is 11.1 Å². The Labute approximate surface area is 191 Å². The molecule has 0 aliphatic carbocycles. The summed E-state index contributed by atoms with van der Waals surface area (Å²) in [4.78, 5) is 47.8. The zero-order valence-electron chi connectivity index (χ0n) is 18.1. The van der Waals surface area contributed by atoms with E-state index in [4.69, 9.17) is 0 Å². The number of nitrogens with one attached hydrogen (secondary N) is 1. The quantitative estimate of drug-likeness (QED) is 0.434. The molecule has 3 heterocycles. The van der Waals surface area contributed by atoms with E-state index < -0.39 is 11.2 Å². The van der Waals surface area contributed by atoms with Gasteiger partial charge in [-0.2, -0.15) is 0 Å². The number of amides is 1. The lowest BCUT2D eigenvalue weighted by Crippen LogP contribution is -2.37.